The van der Waals surface area contributed by atoms with Crippen molar-refractivity contribution in [2.75, 3.05) is 19.0 Å². The van der Waals surface area contributed by atoms with E-state index in [0.29, 0.717) is 5.75 Å². The monoisotopic (exact) mass is 287 g/mol. The highest BCUT2D eigenvalue weighted by Crippen LogP contribution is 2.18. The Morgan fingerprint density at radius 3 is 2.42 bits per heavy atom. The minimum absolute atomic E-state index is 0.236. The average Bonchev–Trinajstić information content (AvgIpc) is 2.41. The van der Waals surface area contributed by atoms with E-state index in [-0.39, 0.29) is 31.4 Å². The second kappa shape index (κ2) is 7.47. The number of aliphatic hydroxyl groups is 2. The standard InChI is InChI=1S/C13H18FNO3S/c1-13(8-16,9-17)15-12(18)6-7-19-11-4-2-10(14)3-5-11/h2-5,16-17H,6-9H2,1H3,(H,15,18). The molecule has 4 nitrogen and oxygen atoms in total. The Balaban J connectivity index is 2.33. The molecule has 0 saturated carbocycles. The summed E-state index contributed by atoms with van der Waals surface area (Å²) in [4.78, 5) is 12.5. The first kappa shape index (κ1) is 15.9. The van der Waals surface area contributed by atoms with Gasteiger partial charge in [-0.2, -0.15) is 0 Å². The molecule has 1 rings (SSSR count). The second-order valence-electron chi connectivity index (χ2n) is 4.48. The molecule has 0 aliphatic heterocycles. The van der Waals surface area contributed by atoms with Gasteiger partial charge in [-0.05, 0) is 31.2 Å². The van der Waals surface area contributed by atoms with Crippen molar-refractivity contribution in [1.82, 2.24) is 5.32 Å². The molecule has 0 radical (unpaired) electrons. The smallest absolute Gasteiger partial charge is 0.221 e. The van der Waals surface area contributed by atoms with Crippen LogP contribution in [0, 0.1) is 5.82 Å². The van der Waals surface area contributed by atoms with Crippen LogP contribution in [0.15, 0.2) is 29.2 Å². The van der Waals surface area contributed by atoms with Crippen LogP contribution in [0.5, 0.6) is 0 Å². The van der Waals surface area contributed by atoms with E-state index in [0.717, 1.165) is 4.90 Å². The number of nitrogens with one attached hydrogen (secondary N) is 1. The van der Waals surface area contributed by atoms with Gasteiger partial charge in [0.05, 0.1) is 18.8 Å². The van der Waals surface area contributed by atoms with Crippen LogP contribution in [-0.4, -0.2) is 40.6 Å². The first-order valence-electron chi connectivity index (χ1n) is 5.90. The summed E-state index contributed by atoms with van der Waals surface area (Å²) in [6.45, 7) is 0.929. The van der Waals surface area contributed by atoms with Crippen molar-refractivity contribution in [3.63, 3.8) is 0 Å². The summed E-state index contributed by atoms with van der Waals surface area (Å²) in [5, 5.41) is 20.7. The minimum atomic E-state index is -0.988. The number of benzene rings is 1. The molecule has 0 heterocycles. The number of amides is 1. The van der Waals surface area contributed by atoms with E-state index >= 15 is 0 Å². The molecule has 1 aromatic carbocycles. The normalized spacial score (nSPS) is 11.4. The third-order valence-corrected chi connectivity index (χ3v) is 3.56. The molecular weight excluding hydrogens is 269 g/mol. The lowest BCUT2D eigenvalue weighted by Gasteiger charge is -2.26. The third-order valence-electron chi connectivity index (χ3n) is 2.55. The molecule has 6 heteroatoms. The number of aliphatic hydroxyl groups excluding tert-OH is 2. The molecule has 0 atom stereocenters. The number of hydrogen-bond donors (Lipinski definition) is 3. The van der Waals surface area contributed by atoms with Crippen LogP contribution in [0.4, 0.5) is 4.39 Å². The zero-order valence-electron chi connectivity index (χ0n) is 10.7. The lowest BCUT2D eigenvalue weighted by Crippen LogP contribution is -2.51. The molecule has 3 N–H and O–H groups in total. The summed E-state index contributed by atoms with van der Waals surface area (Å²) in [6, 6.07) is 6.06. The molecule has 1 amide bonds. The lowest BCUT2D eigenvalue weighted by molar-refractivity contribution is -0.123. The predicted octanol–water partition coefficient (Wildman–Crippen LogP) is 1.17. The van der Waals surface area contributed by atoms with Gasteiger partial charge in [-0.3, -0.25) is 4.79 Å². The molecular formula is C13H18FNO3S. The van der Waals surface area contributed by atoms with Crippen molar-refractivity contribution in [3.8, 4) is 0 Å². The van der Waals surface area contributed by atoms with E-state index < -0.39 is 5.54 Å². The van der Waals surface area contributed by atoms with E-state index in [1.54, 1.807) is 19.1 Å². The van der Waals surface area contributed by atoms with Crippen molar-refractivity contribution < 1.29 is 19.4 Å². The van der Waals surface area contributed by atoms with Crippen LogP contribution in [0.25, 0.3) is 0 Å². The fourth-order valence-corrected chi connectivity index (χ4v) is 2.17. The summed E-state index contributed by atoms with van der Waals surface area (Å²) < 4.78 is 12.7. The SMILES string of the molecule is CC(CO)(CO)NC(=O)CCSc1ccc(F)cc1. The van der Waals surface area contributed by atoms with Crippen LogP contribution in [0.1, 0.15) is 13.3 Å². The van der Waals surface area contributed by atoms with Crippen molar-refractivity contribution in [2.24, 2.45) is 0 Å². The summed E-state index contributed by atoms with van der Waals surface area (Å²) in [7, 11) is 0. The highest BCUT2D eigenvalue weighted by Gasteiger charge is 2.24. The molecule has 0 unspecified atom stereocenters. The number of rotatable bonds is 7. The Morgan fingerprint density at radius 2 is 1.89 bits per heavy atom. The molecule has 0 aromatic heterocycles. The quantitative estimate of drug-likeness (QED) is 0.658. The lowest BCUT2D eigenvalue weighted by atomic mass is 10.1. The number of halogens is 1. The fraction of sp³-hybridized carbons (Fsp3) is 0.462. The van der Waals surface area contributed by atoms with Gasteiger partial charge < -0.3 is 15.5 Å². The largest absolute Gasteiger partial charge is 0.394 e. The third kappa shape index (κ3) is 5.59. The van der Waals surface area contributed by atoms with Gasteiger partial charge in [-0.1, -0.05) is 0 Å². The van der Waals surface area contributed by atoms with Crippen molar-refractivity contribution in [3.05, 3.63) is 30.1 Å². The first-order valence-corrected chi connectivity index (χ1v) is 6.89. The highest BCUT2D eigenvalue weighted by molar-refractivity contribution is 7.99. The molecule has 0 saturated heterocycles. The van der Waals surface area contributed by atoms with E-state index in [9.17, 15) is 9.18 Å². The molecule has 0 aliphatic carbocycles. The molecule has 0 fully saturated rings. The average molecular weight is 287 g/mol. The predicted molar refractivity (Wildman–Crippen MR) is 72.5 cm³/mol. The van der Waals surface area contributed by atoms with Crippen LogP contribution >= 0.6 is 11.8 Å². The van der Waals surface area contributed by atoms with Crippen LogP contribution in [0.2, 0.25) is 0 Å². The van der Waals surface area contributed by atoms with Gasteiger partial charge in [-0.15, -0.1) is 11.8 Å². The maximum absolute atomic E-state index is 12.7. The summed E-state index contributed by atoms with van der Waals surface area (Å²) in [5.74, 6) is 0.0219. The van der Waals surface area contributed by atoms with Crippen LogP contribution < -0.4 is 5.32 Å². The Morgan fingerprint density at radius 1 is 1.32 bits per heavy atom. The Bertz CT molecular complexity index is 407. The maximum atomic E-state index is 12.7. The van der Waals surface area contributed by atoms with Gasteiger partial charge in [-0.25, -0.2) is 4.39 Å². The van der Waals surface area contributed by atoms with Gasteiger partial charge >= 0.3 is 0 Å². The van der Waals surface area contributed by atoms with Gasteiger partial charge in [0.25, 0.3) is 0 Å². The topological polar surface area (TPSA) is 69.6 Å². The molecule has 0 spiro atoms. The van der Waals surface area contributed by atoms with Gasteiger partial charge in [0, 0.05) is 17.1 Å². The van der Waals surface area contributed by atoms with E-state index in [4.69, 9.17) is 10.2 Å². The van der Waals surface area contributed by atoms with Gasteiger partial charge in [0.2, 0.25) is 5.91 Å². The zero-order chi connectivity index (χ0) is 14.3. The number of hydrogen-bond acceptors (Lipinski definition) is 4. The fourth-order valence-electron chi connectivity index (χ4n) is 1.32. The molecule has 0 aliphatic rings. The molecule has 106 valence electrons. The summed E-state index contributed by atoms with van der Waals surface area (Å²) in [6.07, 6.45) is 0.262. The summed E-state index contributed by atoms with van der Waals surface area (Å²) in [5.41, 5.74) is -0.988. The number of thioether (sulfide) groups is 1. The van der Waals surface area contributed by atoms with E-state index in [2.05, 4.69) is 5.32 Å². The zero-order valence-corrected chi connectivity index (χ0v) is 11.5. The van der Waals surface area contributed by atoms with Crippen molar-refractivity contribution >= 4 is 17.7 Å². The molecule has 1 aromatic rings. The highest BCUT2D eigenvalue weighted by atomic mass is 32.2. The number of carbonyl (C=O) groups is 1. The molecule has 0 bridgehead atoms. The van der Waals surface area contributed by atoms with E-state index in [1.165, 1.54) is 23.9 Å². The van der Waals surface area contributed by atoms with Crippen LogP contribution in [0.3, 0.4) is 0 Å². The van der Waals surface area contributed by atoms with Gasteiger partial charge in [0.15, 0.2) is 0 Å². The van der Waals surface area contributed by atoms with Crippen molar-refractivity contribution in [2.45, 2.75) is 23.8 Å². The van der Waals surface area contributed by atoms with E-state index in [1.807, 2.05) is 0 Å². The Labute approximate surface area is 116 Å². The second-order valence-corrected chi connectivity index (χ2v) is 5.65. The Kier molecular flexibility index (Phi) is 6.27. The number of carbonyl (C=O) groups excluding carboxylic acids is 1. The van der Waals surface area contributed by atoms with Crippen molar-refractivity contribution in [1.29, 1.82) is 0 Å². The summed E-state index contributed by atoms with van der Waals surface area (Å²) >= 11 is 1.45. The maximum Gasteiger partial charge on any atom is 0.221 e. The molecule has 19 heavy (non-hydrogen) atoms. The Hall–Kier alpha value is -1.11. The first-order chi connectivity index (χ1) is 8.99. The van der Waals surface area contributed by atoms with Crippen LogP contribution in [-0.2, 0) is 4.79 Å². The van der Waals surface area contributed by atoms with Gasteiger partial charge in [0.1, 0.15) is 5.82 Å². The minimum Gasteiger partial charge on any atom is -0.394 e.